The number of benzene rings is 1. The molecule has 3 rings (SSSR count). The molecule has 3 heteroatoms. The highest BCUT2D eigenvalue weighted by molar-refractivity contribution is 5.33. The summed E-state index contributed by atoms with van der Waals surface area (Å²) >= 11 is 0. The van der Waals surface area contributed by atoms with E-state index in [0.717, 1.165) is 12.2 Å². The second-order valence-electron chi connectivity index (χ2n) is 4.63. The van der Waals surface area contributed by atoms with Crippen LogP contribution in [0.2, 0.25) is 0 Å². The van der Waals surface area contributed by atoms with Crippen LogP contribution in [0, 0.1) is 6.92 Å². The second-order valence-corrected chi connectivity index (χ2v) is 4.63. The Labute approximate surface area is 101 Å². The highest BCUT2D eigenvalue weighted by Crippen LogP contribution is 2.25. The van der Waals surface area contributed by atoms with Gasteiger partial charge in [-0.05, 0) is 44.0 Å². The van der Waals surface area contributed by atoms with Gasteiger partial charge in [0, 0.05) is 6.20 Å². The second kappa shape index (κ2) is 4.34. The molecule has 2 heterocycles. The van der Waals surface area contributed by atoms with Crippen LogP contribution in [-0.2, 0) is 0 Å². The molecule has 1 aromatic carbocycles. The highest BCUT2D eigenvalue weighted by atomic mass is 15.3. The van der Waals surface area contributed by atoms with Gasteiger partial charge in [-0.2, -0.15) is 5.10 Å². The average molecular weight is 227 g/mol. The van der Waals surface area contributed by atoms with E-state index < -0.39 is 0 Å². The van der Waals surface area contributed by atoms with E-state index in [9.17, 15) is 0 Å². The SMILES string of the molecule is Cc1cn(-c2ccccc2)nc1[C@H]1CCCN1. The first-order valence-electron chi connectivity index (χ1n) is 6.19. The van der Waals surface area contributed by atoms with Crippen molar-refractivity contribution in [3.63, 3.8) is 0 Å². The van der Waals surface area contributed by atoms with E-state index in [1.165, 1.54) is 24.1 Å². The number of aryl methyl sites for hydroxylation is 1. The molecule has 1 saturated heterocycles. The number of hydrogen-bond acceptors (Lipinski definition) is 2. The Balaban J connectivity index is 1.95. The summed E-state index contributed by atoms with van der Waals surface area (Å²) < 4.78 is 1.98. The Morgan fingerprint density at radius 3 is 2.82 bits per heavy atom. The first kappa shape index (κ1) is 10.5. The van der Waals surface area contributed by atoms with Gasteiger partial charge in [-0.15, -0.1) is 0 Å². The predicted molar refractivity (Wildman–Crippen MR) is 68.3 cm³/mol. The van der Waals surface area contributed by atoms with E-state index >= 15 is 0 Å². The minimum Gasteiger partial charge on any atom is -0.309 e. The third kappa shape index (κ3) is 1.98. The molecule has 2 aromatic rings. The smallest absolute Gasteiger partial charge is 0.0827 e. The Bertz CT molecular complexity index is 495. The molecule has 17 heavy (non-hydrogen) atoms. The minimum atomic E-state index is 0.444. The predicted octanol–water partition coefficient (Wildman–Crippen LogP) is 2.61. The van der Waals surface area contributed by atoms with Crippen molar-refractivity contribution >= 4 is 0 Å². The van der Waals surface area contributed by atoms with E-state index in [4.69, 9.17) is 5.10 Å². The molecule has 1 fully saturated rings. The summed E-state index contributed by atoms with van der Waals surface area (Å²) in [4.78, 5) is 0. The number of para-hydroxylation sites is 1. The zero-order chi connectivity index (χ0) is 11.7. The molecule has 0 aliphatic carbocycles. The average Bonchev–Trinajstić information content (AvgIpc) is 2.99. The van der Waals surface area contributed by atoms with E-state index in [1.54, 1.807) is 0 Å². The van der Waals surface area contributed by atoms with Crippen LogP contribution in [0.3, 0.4) is 0 Å². The summed E-state index contributed by atoms with van der Waals surface area (Å²) in [6.07, 6.45) is 4.57. The zero-order valence-electron chi connectivity index (χ0n) is 10.1. The summed E-state index contributed by atoms with van der Waals surface area (Å²) in [5.74, 6) is 0. The first-order valence-corrected chi connectivity index (χ1v) is 6.19. The lowest BCUT2D eigenvalue weighted by Gasteiger charge is -2.07. The van der Waals surface area contributed by atoms with E-state index in [1.807, 2.05) is 22.9 Å². The summed E-state index contributed by atoms with van der Waals surface area (Å²) in [6, 6.07) is 10.7. The number of nitrogens with one attached hydrogen (secondary N) is 1. The van der Waals surface area contributed by atoms with Crippen LogP contribution in [0.1, 0.15) is 30.1 Å². The number of rotatable bonds is 2. The van der Waals surface area contributed by atoms with Gasteiger partial charge < -0.3 is 5.32 Å². The fourth-order valence-electron chi connectivity index (χ4n) is 2.45. The molecule has 0 unspecified atom stereocenters. The largest absolute Gasteiger partial charge is 0.309 e. The van der Waals surface area contributed by atoms with Crippen LogP contribution in [0.5, 0.6) is 0 Å². The van der Waals surface area contributed by atoms with Gasteiger partial charge in [0.1, 0.15) is 0 Å². The molecular formula is C14H17N3. The van der Waals surface area contributed by atoms with Crippen molar-refractivity contribution in [2.45, 2.75) is 25.8 Å². The minimum absolute atomic E-state index is 0.444. The Morgan fingerprint density at radius 1 is 1.29 bits per heavy atom. The lowest BCUT2D eigenvalue weighted by molar-refractivity contribution is 0.614. The Kier molecular flexibility index (Phi) is 2.69. The van der Waals surface area contributed by atoms with Gasteiger partial charge in [0.15, 0.2) is 0 Å². The van der Waals surface area contributed by atoms with Gasteiger partial charge in [-0.3, -0.25) is 0 Å². The summed E-state index contributed by atoms with van der Waals surface area (Å²) in [5, 5.41) is 8.22. The Morgan fingerprint density at radius 2 is 2.12 bits per heavy atom. The van der Waals surface area contributed by atoms with Crippen molar-refractivity contribution < 1.29 is 0 Å². The third-order valence-electron chi connectivity index (χ3n) is 3.35. The number of nitrogens with zero attached hydrogens (tertiary/aromatic N) is 2. The molecule has 1 atom stereocenters. The molecule has 1 N–H and O–H groups in total. The molecule has 1 aliphatic heterocycles. The summed E-state index contributed by atoms with van der Waals surface area (Å²) in [7, 11) is 0. The van der Waals surface area contributed by atoms with Crippen molar-refractivity contribution in [2.24, 2.45) is 0 Å². The number of aromatic nitrogens is 2. The van der Waals surface area contributed by atoms with Crippen LogP contribution >= 0.6 is 0 Å². The van der Waals surface area contributed by atoms with Crippen LogP contribution < -0.4 is 5.32 Å². The van der Waals surface area contributed by atoms with Crippen LogP contribution in [0.15, 0.2) is 36.5 Å². The molecule has 0 radical (unpaired) electrons. The monoisotopic (exact) mass is 227 g/mol. The van der Waals surface area contributed by atoms with Gasteiger partial charge in [-0.1, -0.05) is 18.2 Å². The van der Waals surface area contributed by atoms with Crippen LogP contribution in [0.4, 0.5) is 0 Å². The molecule has 1 aliphatic rings. The van der Waals surface area contributed by atoms with Gasteiger partial charge in [0.05, 0.1) is 17.4 Å². The van der Waals surface area contributed by atoms with Crippen LogP contribution in [0.25, 0.3) is 5.69 Å². The standard InChI is InChI=1S/C14H17N3/c1-11-10-17(12-6-3-2-4-7-12)16-14(11)13-8-5-9-15-13/h2-4,6-7,10,13,15H,5,8-9H2,1H3/t13-/m1/s1. The van der Waals surface area contributed by atoms with E-state index in [2.05, 4.69) is 30.6 Å². The maximum absolute atomic E-state index is 4.72. The molecule has 88 valence electrons. The van der Waals surface area contributed by atoms with Gasteiger partial charge in [0.2, 0.25) is 0 Å². The molecule has 0 amide bonds. The molecule has 1 aromatic heterocycles. The van der Waals surface area contributed by atoms with E-state index in [-0.39, 0.29) is 0 Å². The van der Waals surface area contributed by atoms with Gasteiger partial charge >= 0.3 is 0 Å². The normalized spacial score (nSPS) is 19.7. The summed E-state index contributed by atoms with van der Waals surface area (Å²) in [5.41, 5.74) is 3.60. The maximum Gasteiger partial charge on any atom is 0.0827 e. The highest BCUT2D eigenvalue weighted by Gasteiger charge is 2.21. The van der Waals surface area contributed by atoms with Crippen molar-refractivity contribution in [3.05, 3.63) is 47.8 Å². The molecule has 0 saturated carbocycles. The fourth-order valence-corrected chi connectivity index (χ4v) is 2.45. The molecule has 0 spiro atoms. The van der Waals surface area contributed by atoms with Crippen molar-refractivity contribution in [1.82, 2.24) is 15.1 Å². The molecular weight excluding hydrogens is 210 g/mol. The molecule has 0 bridgehead atoms. The quantitative estimate of drug-likeness (QED) is 0.854. The van der Waals surface area contributed by atoms with E-state index in [0.29, 0.717) is 6.04 Å². The number of hydrogen-bond donors (Lipinski definition) is 1. The lowest BCUT2D eigenvalue weighted by Crippen LogP contribution is -2.14. The van der Waals surface area contributed by atoms with Crippen molar-refractivity contribution in [1.29, 1.82) is 0 Å². The maximum atomic E-state index is 4.72. The Hall–Kier alpha value is -1.61. The van der Waals surface area contributed by atoms with Crippen molar-refractivity contribution in [2.75, 3.05) is 6.54 Å². The van der Waals surface area contributed by atoms with Gasteiger partial charge in [-0.25, -0.2) is 4.68 Å². The lowest BCUT2D eigenvalue weighted by atomic mass is 10.1. The summed E-state index contributed by atoms with van der Waals surface area (Å²) in [6.45, 7) is 3.25. The van der Waals surface area contributed by atoms with Crippen molar-refractivity contribution in [3.8, 4) is 5.69 Å². The molecule has 3 nitrogen and oxygen atoms in total. The zero-order valence-corrected chi connectivity index (χ0v) is 10.1. The van der Waals surface area contributed by atoms with Gasteiger partial charge in [0.25, 0.3) is 0 Å². The third-order valence-corrected chi connectivity index (χ3v) is 3.35. The first-order chi connectivity index (χ1) is 8.34. The fraction of sp³-hybridized carbons (Fsp3) is 0.357. The van der Waals surface area contributed by atoms with Crippen LogP contribution in [-0.4, -0.2) is 16.3 Å². The topological polar surface area (TPSA) is 29.9 Å².